The maximum atomic E-state index is 13.7. The summed E-state index contributed by atoms with van der Waals surface area (Å²) in [6, 6.07) is 18.5. The highest BCUT2D eigenvalue weighted by Crippen LogP contribution is 2.31. The smallest absolute Gasteiger partial charge is 0.243 e. The second kappa shape index (κ2) is 12.1. The van der Waals surface area contributed by atoms with Crippen LogP contribution in [0.3, 0.4) is 0 Å². The molecule has 3 aromatic carbocycles. The lowest BCUT2D eigenvalue weighted by molar-refractivity contribution is -0.125. The number of nitrogens with one attached hydrogen (secondary N) is 1. The number of benzene rings is 3. The number of carbonyl (C=O) groups is 1. The molecule has 1 amide bonds. The second-order valence-electron chi connectivity index (χ2n) is 8.99. The van der Waals surface area contributed by atoms with Crippen LogP contribution in [0.15, 0.2) is 71.6 Å². The molecule has 1 unspecified atom stereocenters. The first-order valence-electron chi connectivity index (χ1n) is 12.4. The van der Waals surface area contributed by atoms with Crippen LogP contribution < -0.4 is 19.7 Å². The van der Waals surface area contributed by atoms with E-state index in [0.29, 0.717) is 23.1 Å². The van der Waals surface area contributed by atoms with Gasteiger partial charge in [-0.1, -0.05) is 42.8 Å². The van der Waals surface area contributed by atoms with Crippen LogP contribution in [0.1, 0.15) is 18.1 Å². The fraction of sp³-hybridized carbons (Fsp3) is 0.321. The third kappa shape index (κ3) is 6.23. The van der Waals surface area contributed by atoms with Gasteiger partial charge in [0.05, 0.1) is 19.1 Å². The Morgan fingerprint density at radius 1 is 0.947 bits per heavy atom. The number of hydrogen-bond donors (Lipinski definition) is 1. The van der Waals surface area contributed by atoms with Crippen molar-refractivity contribution in [2.24, 2.45) is 0 Å². The minimum absolute atomic E-state index is 0.135. The Kier molecular flexibility index (Phi) is 8.81. The molecule has 1 fully saturated rings. The van der Waals surface area contributed by atoms with Crippen molar-refractivity contribution in [3.05, 3.63) is 82.9 Å². The van der Waals surface area contributed by atoms with Crippen molar-refractivity contribution in [2.75, 3.05) is 38.8 Å². The fourth-order valence-corrected chi connectivity index (χ4v) is 6.12. The number of hydrogen-bond acceptors (Lipinski definition) is 6. The van der Waals surface area contributed by atoms with Crippen molar-refractivity contribution in [3.63, 3.8) is 0 Å². The summed E-state index contributed by atoms with van der Waals surface area (Å²) in [5, 5.41) is 3.51. The normalized spacial score (nSPS) is 16.2. The van der Waals surface area contributed by atoms with Gasteiger partial charge in [0.15, 0.2) is 0 Å². The standard InChI is InChI=1S/C28H32ClN3O5S/c1-4-20-7-11-26(12-8-20)38(34,35)32-14-13-31(23-15-24(36-2)17-25(16-23)37-3)19-27(32)28(33)30-18-21-5-9-22(29)10-6-21/h5-12,15-17,27H,4,13-14,18-19H2,1-3H3,(H,30,33). The Bertz CT molecular complexity index is 1340. The van der Waals surface area contributed by atoms with E-state index in [1.54, 1.807) is 56.7 Å². The molecule has 8 nitrogen and oxygen atoms in total. The first-order chi connectivity index (χ1) is 18.2. The van der Waals surface area contributed by atoms with Gasteiger partial charge in [-0.05, 0) is 41.8 Å². The molecule has 3 aromatic rings. The maximum absolute atomic E-state index is 13.7. The first-order valence-corrected chi connectivity index (χ1v) is 14.2. The van der Waals surface area contributed by atoms with Crippen molar-refractivity contribution < 1.29 is 22.7 Å². The zero-order chi connectivity index (χ0) is 27.3. The number of methoxy groups -OCH3 is 2. The van der Waals surface area contributed by atoms with Gasteiger partial charge in [0, 0.05) is 55.1 Å². The highest BCUT2D eigenvalue weighted by molar-refractivity contribution is 7.89. The molecule has 38 heavy (non-hydrogen) atoms. The van der Waals surface area contributed by atoms with Crippen LogP contribution in [0.25, 0.3) is 0 Å². The predicted octanol–water partition coefficient (Wildman–Crippen LogP) is 4.12. The van der Waals surface area contributed by atoms with E-state index >= 15 is 0 Å². The van der Waals surface area contributed by atoms with Crippen molar-refractivity contribution >= 4 is 33.2 Å². The molecule has 1 saturated heterocycles. The lowest BCUT2D eigenvalue weighted by Crippen LogP contribution is -2.60. The van der Waals surface area contributed by atoms with Gasteiger partial charge < -0.3 is 19.7 Å². The van der Waals surface area contributed by atoms with Gasteiger partial charge in [0.25, 0.3) is 0 Å². The number of anilines is 1. The molecule has 1 aliphatic rings. The Morgan fingerprint density at radius 3 is 2.13 bits per heavy atom. The van der Waals surface area contributed by atoms with Crippen molar-refractivity contribution in [2.45, 2.75) is 30.8 Å². The van der Waals surface area contributed by atoms with Gasteiger partial charge in [-0.2, -0.15) is 4.31 Å². The largest absolute Gasteiger partial charge is 0.497 e. The monoisotopic (exact) mass is 557 g/mol. The quantitative estimate of drug-likeness (QED) is 0.426. The number of amides is 1. The minimum atomic E-state index is -3.92. The van der Waals surface area contributed by atoms with Crippen LogP contribution in [0.2, 0.25) is 5.02 Å². The van der Waals surface area contributed by atoms with E-state index in [0.717, 1.165) is 23.2 Å². The molecule has 0 saturated carbocycles. The average molecular weight is 558 g/mol. The number of halogens is 1. The molecule has 0 aromatic heterocycles. The summed E-state index contributed by atoms with van der Waals surface area (Å²) < 4.78 is 39.6. The molecule has 0 spiro atoms. The number of sulfonamides is 1. The van der Waals surface area contributed by atoms with Crippen molar-refractivity contribution in [3.8, 4) is 11.5 Å². The molecule has 1 atom stereocenters. The van der Waals surface area contributed by atoms with Crippen LogP contribution in [-0.2, 0) is 27.8 Å². The number of piperazine rings is 1. The van der Waals surface area contributed by atoms with E-state index in [2.05, 4.69) is 5.32 Å². The van der Waals surface area contributed by atoms with Gasteiger partial charge in [-0.25, -0.2) is 8.42 Å². The molecule has 1 heterocycles. The van der Waals surface area contributed by atoms with Gasteiger partial charge in [0.1, 0.15) is 17.5 Å². The van der Waals surface area contributed by atoms with E-state index in [1.807, 2.05) is 36.1 Å². The molecule has 1 aliphatic heterocycles. The number of nitrogens with zero attached hydrogens (tertiary/aromatic N) is 2. The van der Waals surface area contributed by atoms with E-state index in [-0.39, 0.29) is 30.4 Å². The summed E-state index contributed by atoms with van der Waals surface area (Å²) in [4.78, 5) is 15.7. The van der Waals surface area contributed by atoms with Gasteiger partial charge in [-0.15, -0.1) is 0 Å². The highest BCUT2D eigenvalue weighted by Gasteiger charge is 2.40. The zero-order valence-electron chi connectivity index (χ0n) is 21.7. The second-order valence-corrected chi connectivity index (χ2v) is 11.3. The SMILES string of the molecule is CCc1ccc(S(=O)(=O)N2CCN(c3cc(OC)cc(OC)c3)CC2C(=O)NCc2ccc(Cl)cc2)cc1. The molecule has 4 rings (SSSR count). The summed E-state index contributed by atoms with van der Waals surface area (Å²) >= 11 is 5.98. The zero-order valence-corrected chi connectivity index (χ0v) is 23.3. The first kappa shape index (κ1) is 27.8. The Hall–Kier alpha value is -3.27. The lowest BCUT2D eigenvalue weighted by atomic mass is 10.1. The minimum Gasteiger partial charge on any atom is -0.497 e. The number of aryl methyl sites for hydroxylation is 1. The van der Waals surface area contributed by atoms with Crippen LogP contribution >= 0.6 is 11.6 Å². The molecule has 1 N–H and O–H groups in total. The van der Waals surface area contributed by atoms with E-state index < -0.39 is 16.1 Å². The predicted molar refractivity (Wildman–Crippen MR) is 149 cm³/mol. The highest BCUT2D eigenvalue weighted by atomic mass is 35.5. The van der Waals surface area contributed by atoms with Crippen LogP contribution in [0.4, 0.5) is 5.69 Å². The van der Waals surface area contributed by atoms with Gasteiger partial charge >= 0.3 is 0 Å². The molecule has 0 bridgehead atoms. The summed E-state index contributed by atoms with van der Waals surface area (Å²) in [5.74, 6) is 0.830. The Labute approximate surface area is 229 Å². The molecule has 0 radical (unpaired) electrons. The lowest BCUT2D eigenvalue weighted by Gasteiger charge is -2.40. The summed E-state index contributed by atoms with van der Waals surface area (Å²) in [5.41, 5.74) is 2.68. The molecular weight excluding hydrogens is 526 g/mol. The van der Waals surface area contributed by atoms with Crippen LogP contribution in [-0.4, -0.2) is 58.5 Å². The topological polar surface area (TPSA) is 88.2 Å². The average Bonchev–Trinajstić information content (AvgIpc) is 2.96. The van der Waals surface area contributed by atoms with Crippen LogP contribution in [0.5, 0.6) is 11.5 Å². The van der Waals surface area contributed by atoms with E-state index in [1.165, 1.54) is 4.31 Å². The third-order valence-corrected chi connectivity index (χ3v) is 8.83. The third-order valence-electron chi connectivity index (χ3n) is 6.65. The van der Waals surface area contributed by atoms with Crippen molar-refractivity contribution in [1.82, 2.24) is 9.62 Å². The molecular formula is C28H32ClN3O5S. The van der Waals surface area contributed by atoms with Crippen molar-refractivity contribution in [1.29, 1.82) is 0 Å². The summed E-state index contributed by atoms with van der Waals surface area (Å²) in [6.07, 6.45) is 0.804. The Morgan fingerprint density at radius 2 is 1.55 bits per heavy atom. The number of ether oxygens (including phenoxy) is 2. The van der Waals surface area contributed by atoms with Gasteiger partial charge in [-0.3, -0.25) is 4.79 Å². The Balaban J connectivity index is 1.63. The number of carbonyl (C=O) groups excluding carboxylic acids is 1. The molecule has 202 valence electrons. The maximum Gasteiger partial charge on any atom is 0.243 e. The van der Waals surface area contributed by atoms with E-state index in [4.69, 9.17) is 21.1 Å². The molecule has 10 heteroatoms. The fourth-order valence-electron chi connectivity index (χ4n) is 4.42. The molecule has 0 aliphatic carbocycles. The number of rotatable bonds is 9. The summed E-state index contributed by atoms with van der Waals surface area (Å²) in [7, 11) is -0.783. The van der Waals surface area contributed by atoms with Gasteiger partial charge in [0.2, 0.25) is 15.9 Å². The summed E-state index contributed by atoms with van der Waals surface area (Å²) in [6.45, 7) is 2.95. The van der Waals surface area contributed by atoms with E-state index in [9.17, 15) is 13.2 Å². The van der Waals surface area contributed by atoms with Crippen LogP contribution in [0, 0.1) is 0 Å².